The standard InChI is InChI=1S/C23H20ClN5O2/c1-14-10-11-16(12-18(14)24)25-20(30)13-28-19-9-5-8-17(19)22(31)29-23(28)26-21(27-29)15-6-3-2-4-7-15/h2-4,6-7,10-12H,5,8-9,13H2,1H3,(H,25,30). The first-order valence-corrected chi connectivity index (χ1v) is 10.5. The van der Waals surface area contributed by atoms with Crippen LogP contribution in [-0.4, -0.2) is 25.1 Å². The van der Waals surface area contributed by atoms with Crippen LogP contribution in [0.3, 0.4) is 0 Å². The van der Waals surface area contributed by atoms with Crippen molar-refractivity contribution in [3.05, 3.63) is 80.7 Å². The van der Waals surface area contributed by atoms with Gasteiger partial charge in [-0.1, -0.05) is 48.0 Å². The van der Waals surface area contributed by atoms with Crippen LogP contribution in [0.2, 0.25) is 5.02 Å². The van der Waals surface area contributed by atoms with Crippen LogP contribution >= 0.6 is 11.6 Å². The second-order valence-electron chi connectivity index (χ2n) is 7.70. The number of benzene rings is 2. The molecule has 2 aromatic heterocycles. The van der Waals surface area contributed by atoms with E-state index < -0.39 is 0 Å². The van der Waals surface area contributed by atoms with Gasteiger partial charge in [0.2, 0.25) is 11.7 Å². The minimum Gasteiger partial charge on any atom is -0.324 e. The van der Waals surface area contributed by atoms with Crippen LogP contribution in [-0.2, 0) is 24.2 Å². The Kier molecular flexibility index (Phi) is 4.82. The first kappa shape index (κ1) is 19.5. The number of hydrogen-bond donors (Lipinski definition) is 1. The van der Waals surface area contributed by atoms with Crippen molar-refractivity contribution in [1.82, 2.24) is 19.2 Å². The summed E-state index contributed by atoms with van der Waals surface area (Å²) in [5, 5.41) is 7.94. The highest BCUT2D eigenvalue weighted by Gasteiger charge is 2.25. The minimum atomic E-state index is -0.219. The van der Waals surface area contributed by atoms with Crippen LogP contribution in [0.4, 0.5) is 5.69 Å². The first-order chi connectivity index (χ1) is 15.0. The predicted octanol–water partition coefficient (Wildman–Crippen LogP) is 3.65. The number of nitrogens with zero attached hydrogens (tertiary/aromatic N) is 4. The predicted molar refractivity (Wildman–Crippen MR) is 120 cm³/mol. The lowest BCUT2D eigenvalue weighted by Gasteiger charge is -2.14. The molecule has 1 aliphatic rings. The van der Waals surface area contributed by atoms with E-state index in [1.807, 2.05) is 54.0 Å². The molecule has 0 bridgehead atoms. The third-order valence-corrected chi connectivity index (χ3v) is 5.99. The van der Waals surface area contributed by atoms with Crippen LogP contribution in [0.15, 0.2) is 53.3 Å². The molecule has 8 heteroatoms. The van der Waals surface area contributed by atoms with Crippen molar-refractivity contribution >= 4 is 29.0 Å². The fourth-order valence-corrected chi connectivity index (χ4v) is 4.19. The molecule has 1 N–H and O–H groups in total. The fourth-order valence-electron chi connectivity index (χ4n) is 4.01. The van der Waals surface area contributed by atoms with Gasteiger partial charge in [0, 0.05) is 27.5 Å². The lowest BCUT2D eigenvalue weighted by Crippen LogP contribution is -2.28. The Hall–Kier alpha value is -3.45. The summed E-state index contributed by atoms with van der Waals surface area (Å²) < 4.78 is 3.14. The molecule has 0 saturated carbocycles. The van der Waals surface area contributed by atoms with Gasteiger partial charge in [-0.25, -0.2) is 0 Å². The normalized spacial score (nSPS) is 12.8. The summed E-state index contributed by atoms with van der Waals surface area (Å²) in [5.41, 5.74) is 3.80. The Labute approximate surface area is 183 Å². The molecule has 1 amide bonds. The quantitative estimate of drug-likeness (QED) is 0.532. The second kappa shape index (κ2) is 7.67. The molecule has 0 unspecified atom stereocenters. The van der Waals surface area contributed by atoms with Gasteiger partial charge in [-0.2, -0.15) is 9.50 Å². The molecule has 0 aliphatic heterocycles. The van der Waals surface area contributed by atoms with Gasteiger partial charge in [-0.05, 0) is 43.9 Å². The van der Waals surface area contributed by atoms with Crippen molar-refractivity contribution in [2.24, 2.45) is 0 Å². The van der Waals surface area contributed by atoms with Gasteiger partial charge < -0.3 is 9.88 Å². The Morgan fingerprint density at radius 1 is 1.16 bits per heavy atom. The molecule has 1 aliphatic carbocycles. The Morgan fingerprint density at radius 3 is 2.74 bits per heavy atom. The minimum absolute atomic E-state index is 0.0323. The second-order valence-corrected chi connectivity index (χ2v) is 8.10. The summed E-state index contributed by atoms with van der Waals surface area (Å²) in [6.07, 6.45) is 2.29. The van der Waals surface area contributed by atoms with E-state index in [-0.39, 0.29) is 18.0 Å². The number of hydrogen-bond acceptors (Lipinski definition) is 4. The lowest BCUT2D eigenvalue weighted by molar-refractivity contribution is -0.116. The molecule has 4 aromatic rings. The number of anilines is 1. The van der Waals surface area contributed by atoms with E-state index in [4.69, 9.17) is 11.6 Å². The van der Waals surface area contributed by atoms with Gasteiger partial charge in [0.1, 0.15) is 6.54 Å². The van der Waals surface area contributed by atoms with Crippen LogP contribution in [0, 0.1) is 6.92 Å². The van der Waals surface area contributed by atoms with E-state index in [2.05, 4.69) is 15.4 Å². The van der Waals surface area contributed by atoms with Crippen molar-refractivity contribution in [2.45, 2.75) is 32.7 Å². The summed E-state index contributed by atoms with van der Waals surface area (Å²) >= 11 is 6.18. The zero-order valence-corrected chi connectivity index (χ0v) is 17.7. The summed E-state index contributed by atoms with van der Waals surface area (Å²) in [5.74, 6) is 0.617. The van der Waals surface area contributed by atoms with Crippen LogP contribution < -0.4 is 10.9 Å². The van der Waals surface area contributed by atoms with Crippen molar-refractivity contribution in [3.63, 3.8) is 0 Å². The van der Waals surface area contributed by atoms with Crippen LogP contribution in [0.1, 0.15) is 23.2 Å². The number of aromatic nitrogens is 4. The average Bonchev–Trinajstić information content (AvgIpc) is 3.43. The zero-order chi connectivity index (χ0) is 21.5. The topological polar surface area (TPSA) is 81.3 Å². The van der Waals surface area contributed by atoms with Gasteiger partial charge >= 0.3 is 0 Å². The molecule has 0 spiro atoms. The summed E-state index contributed by atoms with van der Waals surface area (Å²) in [7, 11) is 0. The Morgan fingerprint density at radius 2 is 1.97 bits per heavy atom. The zero-order valence-electron chi connectivity index (χ0n) is 16.9. The van der Waals surface area contributed by atoms with Gasteiger partial charge in [-0.3, -0.25) is 9.59 Å². The number of halogens is 1. The molecular formula is C23H20ClN5O2. The van der Waals surface area contributed by atoms with Crippen LogP contribution in [0.5, 0.6) is 0 Å². The van der Waals surface area contributed by atoms with E-state index in [9.17, 15) is 9.59 Å². The van der Waals surface area contributed by atoms with Crippen molar-refractivity contribution < 1.29 is 4.79 Å². The molecule has 2 heterocycles. The van der Waals surface area contributed by atoms with Crippen molar-refractivity contribution in [1.29, 1.82) is 0 Å². The van der Waals surface area contributed by atoms with E-state index in [1.54, 1.807) is 6.07 Å². The molecule has 0 saturated heterocycles. The third kappa shape index (κ3) is 3.51. The Balaban J connectivity index is 1.56. The summed E-state index contributed by atoms with van der Waals surface area (Å²) in [6.45, 7) is 1.94. The Bertz CT molecular complexity index is 1370. The van der Waals surface area contributed by atoms with Gasteiger partial charge in [0.25, 0.3) is 5.56 Å². The monoisotopic (exact) mass is 433 g/mol. The maximum Gasteiger partial charge on any atom is 0.279 e. The van der Waals surface area contributed by atoms with E-state index in [0.717, 1.165) is 29.7 Å². The van der Waals surface area contributed by atoms with Crippen molar-refractivity contribution in [3.8, 4) is 11.4 Å². The highest BCUT2D eigenvalue weighted by atomic mass is 35.5. The first-order valence-electron chi connectivity index (χ1n) is 10.1. The van der Waals surface area contributed by atoms with Crippen molar-refractivity contribution in [2.75, 3.05) is 5.32 Å². The van der Waals surface area contributed by atoms with Gasteiger partial charge in [0.05, 0.1) is 0 Å². The van der Waals surface area contributed by atoms with Gasteiger partial charge in [0.15, 0.2) is 5.82 Å². The van der Waals surface area contributed by atoms with E-state index in [0.29, 0.717) is 34.3 Å². The number of rotatable bonds is 4. The maximum absolute atomic E-state index is 13.0. The largest absolute Gasteiger partial charge is 0.324 e. The molecular weight excluding hydrogens is 414 g/mol. The molecule has 31 heavy (non-hydrogen) atoms. The third-order valence-electron chi connectivity index (χ3n) is 5.59. The number of aryl methyl sites for hydroxylation is 1. The number of nitrogens with one attached hydrogen (secondary N) is 1. The average molecular weight is 434 g/mol. The number of carbonyl (C=O) groups is 1. The lowest BCUT2D eigenvalue weighted by atomic mass is 10.2. The highest BCUT2D eigenvalue weighted by molar-refractivity contribution is 6.31. The molecule has 0 radical (unpaired) electrons. The number of fused-ring (bicyclic) bond motifs is 2. The maximum atomic E-state index is 13.0. The summed E-state index contributed by atoms with van der Waals surface area (Å²) in [4.78, 5) is 30.5. The van der Waals surface area contributed by atoms with E-state index >= 15 is 0 Å². The summed E-state index contributed by atoms with van der Waals surface area (Å²) in [6, 6.07) is 14.9. The molecule has 7 nitrogen and oxygen atoms in total. The smallest absolute Gasteiger partial charge is 0.279 e. The number of carbonyl (C=O) groups excluding carboxylic acids is 1. The number of amides is 1. The van der Waals surface area contributed by atoms with Gasteiger partial charge in [-0.15, -0.1) is 5.10 Å². The fraction of sp³-hybridized carbons (Fsp3) is 0.217. The molecule has 2 aromatic carbocycles. The molecule has 156 valence electrons. The van der Waals surface area contributed by atoms with E-state index in [1.165, 1.54) is 4.52 Å². The molecule has 5 rings (SSSR count). The highest BCUT2D eigenvalue weighted by Crippen LogP contribution is 2.23. The van der Waals surface area contributed by atoms with Crippen LogP contribution in [0.25, 0.3) is 17.2 Å². The molecule has 0 atom stereocenters. The SMILES string of the molecule is Cc1ccc(NC(=O)Cn2c3c(c(=O)n4nc(-c5ccccc5)nc24)CCC3)cc1Cl. The molecule has 0 fully saturated rings.